The average Bonchev–Trinajstić information content (AvgIpc) is 2.82. The number of nitrogens with zero attached hydrogens (tertiary/aromatic N) is 1. The molecule has 112 valence electrons. The first-order valence-corrected chi connectivity index (χ1v) is 7.55. The first-order chi connectivity index (χ1) is 10.0. The van der Waals surface area contributed by atoms with Crippen LogP contribution in [0.15, 0.2) is 22.8 Å². The topological polar surface area (TPSA) is 59.5 Å². The standard InChI is InChI=1S/C17H22N2O2/c1-11-6-15-13(10-21-16(15)7-12(11)2)8-17(20)19-5-3-4-14(18)9-19/h6-7,10,14H,3-5,8-9,18H2,1-2H3. The number of hydrogen-bond acceptors (Lipinski definition) is 3. The van der Waals surface area contributed by atoms with Crippen molar-refractivity contribution >= 4 is 16.9 Å². The molecule has 21 heavy (non-hydrogen) atoms. The van der Waals surface area contributed by atoms with Gasteiger partial charge in [0.1, 0.15) is 5.58 Å². The van der Waals surface area contributed by atoms with Gasteiger partial charge in [0.05, 0.1) is 12.7 Å². The fourth-order valence-corrected chi connectivity index (χ4v) is 2.98. The predicted octanol–water partition coefficient (Wildman–Crippen LogP) is 2.54. The van der Waals surface area contributed by atoms with Crippen molar-refractivity contribution < 1.29 is 9.21 Å². The zero-order valence-corrected chi connectivity index (χ0v) is 12.7. The van der Waals surface area contributed by atoms with Gasteiger partial charge in [-0.3, -0.25) is 4.79 Å². The lowest BCUT2D eigenvalue weighted by Gasteiger charge is -2.30. The van der Waals surface area contributed by atoms with Crippen molar-refractivity contribution in [2.75, 3.05) is 13.1 Å². The third kappa shape index (κ3) is 2.81. The van der Waals surface area contributed by atoms with Crippen LogP contribution in [0.3, 0.4) is 0 Å². The minimum absolute atomic E-state index is 0.119. The first kappa shape index (κ1) is 14.1. The lowest BCUT2D eigenvalue weighted by Crippen LogP contribution is -2.46. The molecule has 1 amide bonds. The second-order valence-corrected chi connectivity index (χ2v) is 6.11. The van der Waals surface area contributed by atoms with E-state index in [4.69, 9.17) is 10.2 Å². The number of nitrogens with two attached hydrogens (primary N) is 1. The summed E-state index contributed by atoms with van der Waals surface area (Å²) in [7, 11) is 0. The van der Waals surface area contributed by atoms with E-state index < -0.39 is 0 Å². The number of aryl methyl sites for hydroxylation is 2. The highest BCUT2D eigenvalue weighted by atomic mass is 16.3. The summed E-state index contributed by atoms with van der Waals surface area (Å²) < 4.78 is 5.60. The molecule has 0 bridgehead atoms. The Labute approximate surface area is 124 Å². The number of carbonyl (C=O) groups excluding carboxylic acids is 1. The Kier molecular flexibility index (Phi) is 3.72. The molecule has 3 rings (SSSR count). The van der Waals surface area contributed by atoms with Gasteiger partial charge < -0.3 is 15.1 Å². The molecular weight excluding hydrogens is 264 g/mol. The SMILES string of the molecule is Cc1cc2occ(CC(=O)N3CCCC(N)C3)c2cc1C. The summed E-state index contributed by atoms with van der Waals surface area (Å²) in [6, 6.07) is 4.27. The second kappa shape index (κ2) is 5.53. The molecule has 4 heteroatoms. The highest BCUT2D eigenvalue weighted by Crippen LogP contribution is 2.25. The van der Waals surface area contributed by atoms with Crippen molar-refractivity contribution in [1.82, 2.24) is 4.90 Å². The van der Waals surface area contributed by atoms with Crippen molar-refractivity contribution in [2.45, 2.75) is 39.2 Å². The Morgan fingerprint density at radius 2 is 2.14 bits per heavy atom. The molecule has 2 heterocycles. The molecule has 4 nitrogen and oxygen atoms in total. The summed E-state index contributed by atoms with van der Waals surface area (Å²) >= 11 is 0. The van der Waals surface area contributed by atoms with Gasteiger partial charge in [0, 0.05) is 30.1 Å². The van der Waals surface area contributed by atoms with E-state index in [1.165, 1.54) is 11.1 Å². The number of furan rings is 1. The number of likely N-dealkylation sites (tertiary alicyclic amines) is 1. The van der Waals surface area contributed by atoms with Crippen LogP contribution >= 0.6 is 0 Å². The van der Waals surface area contributed by atoms with Crippen LogP contribution < -0.4 is 5.73 Å². The smallest absolute Gasteiger partial charge is 0.227 e. The third-order valence-electron chi connectivity index (χ3n) is 4.42. The van der Waals surface area contributed by atoms with Crippen LogP contribution in [0, 0.1) is 13.8 Å². The van der Waals surface area contributed by atoms with Gasteiger partial charge in [-0.25, -0.2) is 0 Å². The number of carbonyl (C=O) groups is 1. The van der Waals surface area contributed by atoms with Crippen LogP contribution in [0.25, 0.3) is 11.0 Å². The number of fused-ring (bicyclic) bond motifs is 1. The average molecular weight is 286 g/mol. The summed E-state index contributed by atoms with van der Waals surface area (Å²) in [4.78, 5) is 14.3. The molecule has 1 aliphatic rings. The van der Waals surface area contributed by atoms with Crippen LogP contribution in [0.1, 0.15) is 29.5 Å². The molecule has 1 unspecified atom stereocenters. The zero-order chi connectivity index (χ0) is 15.0. The molecule has 1 saturated heterocycles. The summed E-state index contributed by atoms with van der Waals surface area (Å²) in [6.07, 6.45) is 4.11. The van der Waals surface area contributed by atoms with Crippen molar-refractivity contribution in [3.63, 3.8) is 0 Å². The van der Waals surface area contributed by atoms with Gasteiger partial charge in [-0.2, -0.15) is 0 Å². The first-order valence-electron chi connectivity index (χ1n) is 7.55. The van der Waals surface area contributed by atoms with Crippen LogP contribution in [0.2, 0.25) is 0 Å². The van der Waals surface area contributed by atoms with Gasteiger partial charge in [-0.15, -0.1) is 0 Å². The third-order valence-corrected chi connectivity index (χ3v) is 4.42. The zero-order valence-electron chi connectivity index (χ0n) is 12.7. The van der Waals surface area contributed by atoms with Crippen LogP contribution in [0.4, 0.5) is 0 Å². The summed E-state index contributed by atoms with van der Waals surface area (Å²) in [5, 5.41) is 1.05. The molecule has 0 aliphatic carbocycles. The van der Waals surface area contributed by atoms with Crippen LogP contribution in [-0.4, -0.2) is 29.9 Å². The second-order valence-electron chi connectivity index (χ2n) is 6.11. The Morgan fingerprint density at radius 1 is 1.38 bits per heavy atom. The highest BCUT2D eigenvalue weighted by molar-refractivity contribution is 5.88. The van der Waals surface area contributed by atoms with Gasteiger partial charge >= 0.3 is 0 Å². The van der Waals surface area contributed by atoms with Crippen molar-refractivity contribution in [2.24, 2.45) is 5.73 Å². The monoisotopic (exact) mass is 286 g/mol. The molecule has 2 N–H and O–H groups in total. The lowest BCUT2D eigenvalue weighted by atomic mass is 10.0. The summed E-state index contributed by atoms with van der Waals surface area (Å²) in [5.74, 6) is 0.145. The maximum Gasteiger partial charge on any atom is 0.227 e. The number of piperidine rings is 1. The molecule has 1 aliphatic heterocycles. The minimum atomic E-state index is 0.119. The summed E-state index contributed by atoms with van der Waals surface area (Å²) in [6.45, 7) is 5.64. The quantitative estimate of drug-likeness (QED) is 0.923. The van der Waals surface area contributed by atoms with Gasteiger partial charge in [0.25, 0.3) is 0 Å². The van der Waals surface area contributed by atoms with E-state index in [2.05, 4.69) is 19.9 Å². The maximum absolute atomic E-state index is 12.4. The fourth-order valence-electron chi connectivity index (χ4n) is 2.98. The number of hydrogen-bond donors (Lipinski definition) is 1. The van der Waals surface area contributed by atoms with Gasteiger partial charge in [0.15, 0.2) is 0 Å². The van der Waals surface area contributed by atoms with E-state index in [1.54, 1.807) is 6.26 Å². The van der Waals surface area contributed by atoms with E-state index in [0.29, 0.717) is 13.0 Å². The van der Waals surface area contributed by atoms with Crippen LogP contribution in [-0.2, 0) is 11.2 Å². The van der Waals surface area contributed by atoms with Crippen molar-refractivity contribution in [1.29, 1.82) is 0 Å². The Hall–Kier alpha value is -1.81. The minimum Gasteiger partial charge on any atom is -0.464 e. The van der Waals surface area contributed by atoms with Crippen LogP contribution in [0.5, 0.6) is 0 Å². The van der Waals surface area contributed by atoms with Crippen molar-refractivity contribution in [3.8, 4) is 0 Å². The molecule has 1 fully saturated rings. The number of benzene rings is 1. The molecule has 2 aromatic rings. The number of rotatable bonds is 2. The number of amides is 1. The van der Waals surface area contributed by atoms with E-state index in [-0.39, 0.29) is 11.9 Å². The Morgan fingerprint density at radius 3 is 2.90 bits per heavy atom. The lowest BCUT2D eigenvalue weighted by molar-refractivity contribution is -0.131. The normalized spacial score (nSPS) is 19.2. The Bertz CT molecular complexity index is 675. The fraction of sp³-hybridized carbons (Fsp3) is 0.471. The maximum atomic E-state index is 12.4. The van der Waals surface area contributed by atoms with Gasteiger partial charge in [0.2, 0.25) is 5.91 Å². The van der Waals surface area contributed by atoms with Gasteiger partial charge in [-0.1, -0.05) is 0 Å². The van der Waals surface area contributed by atoms with E-state index in [1.807, 2.05) is 11.0 Å². The molecule has 1 aromatic carbocycles. The van der Waals surface area contributed by atoms with E-state index in [9.17, 15) is 4.79 Å². The summed E-state index contributed by atoms with van der Waals surface area (Å²) in [5.41, 5.74) is 10.2. The van der Waals surface area contributed by atoms with Gasteiger partial charge in [-0.05, 0) is 49.9 Å². The van der Waals surface area contributed by atoms with E-state index in [0.717, 1.165) is 35.9 Å². The predicted molar refractivity (Wildman–Crippen MR) is 83.2 cm³/mol. The van der Waals surface area contributed by atoms with E-state index >= 15 is 0 Å². The molecule has 0 spiro atoms. The Balaban J connectivity index is 1.81. The van der Waals surface area contributed by atoms with Crippen molar-refractivity contribution in [3.05, 3.63) is 35.1 Å². The molecule has 0 radical (unpaired) electrons. The molecule has 1 atom stereocenters. The molecule has 0 saturated carbocycles. The largest absolute Gasteiger partial charge is 0.464 e. The molecular formula is C17H22N2O2. The molecule has 1 aromatic heterocycles. The highest BCUT2D eigenvalue weighted by Gasteiger charge is 2.22.